The summed E-state index contributed by atoms with van der Waals surface area (Å²) < 4.78 is 99.7. The zero-order valence-electron chi connectivity index (χ0n) is 6.96. The Balaban J connectivity index is -0.0000000400. The third-order valence-corrected chi connectivity index (χ3v) is 0. The minimum Gasteiger partial charge on any atom is -0.759 e. The summed E-state index contributed by atoms with van der Waals surface area (Å²) in [5.74, 6) is 0. The Morgan fingerprint density at radius 2 is 0.588 bits per heavy atom. The first kappa shape index (κ1) is 30.6. The maximum absolute atomic E-state index is 8.74. The topological polar surface area (TPSA) is 235 Å². The predicted molar refractivity (Wildman–Crippen MR) is 35.1 cm³/mol. The monoisotopic (exact) mass is 400 g/mol. The van der Waals surface area contributed by atoms with Crippen LogP contribution in [0.15, 0.2) is 0 Å². The summed E-state index contributed by atoms with van der Waals surface area (Å²) >= 11 is 0. The van der Waals surface area contributed by atoms with Gasteiger partial charge in [-0.15, -0.1) is 0 Å². The molecule has 0 fully saturated rings. The smallest absolute Gasteiger partial charge is 0.759 e. The Hall–Kier alpha value is 0.649. The molecule has 12 nitrogen and oxygen atoms in total. The van der Waals surface area contributed by atoms with E-state index in [0.29, 0.717) is 0 Å². The van der Waals surface area contributed by atoms with Gasteiger partial charge in [-0.3, -0.25) is 25.9 Å². The van der Waals surface area contributed by atoms with Gasteiger partial charge in [0.25, 0.3) is 0 Å². The van der Waals surface area contributed by atoms with Crippen LogP contribution in [0.4, 0.5) is 0 Å². The zero-order valence-corrected chi connectivity index (χ0v) is 11.8. The van der Waals surface area contributed by atoms with E-state index in [0.717, 1.165) is 0 Å². The van der Waals surface area contributed by atoms with Crippen molar-refractivity contribution in [3.8, 4) is 0 Å². The van der Waals surface area contributed by atoms with Crippen LogP contribution in [-0.4, -0.2) is 52.6 Å². The van der Waals surface area contributed by atoms with Gasteiger partial charge in [0.1, 0.15) is 0 Å². The van der Waals surface area contributed by atoms with Crippen molar-refractivity contribution >= 4 is 31.2 Å². The van der Waals surface area contributed by atoms with Crippen molar-refractivity contribution in [3.05, 3.63) is 0 Å². The molecule has 0 aliphatic heterocycles. The zero-order chi connectivity index (χ0) is 13.5. The molecule has 0 aliphatic rings. The summed E-state index contributed by atoms with van der Waals surface area (Å²) in [5, 5.41) is 0. The van der Waals surface area contributed by atoms with Crippen LogP contribution in [0.1, 0.15) is 0 Å². The van der Waals surface area contributed by atoms with Gasteiger partial charge in [-0.2, -0.15) is 8.42 Å². The maximum Gasteiger partial charge on any atom is 2.00 e. The Morgan fingerprint density at radius 1 is 0.588 bits per heavy atom. The van der Waals surface area contributed by atoms with Crippen LogP contribution < -0.4 is 0 Å². The second kappa shape index (κ2) is 11.7. The summed E-state index contributed by atoms with van der Waals surface area (Å²) in [4.78, 5) is 0. The molecule has 0 saturated carbocycles. The van der Waals surface area contributed by atoms with E-state index in [-0.39, 0.29) is 34.1 Å². The third kappa shape index (κ3) is 8480. The van der Waals surface area contributed by atoms with Crippen molar-refractivity contribution in [3.63, 3.8) is 0 Å². The molecule has 0 unspecified atom stereocenters. The standard InChI is InChI=1S/2Mn.3H2O4S/c;;3*1-5(2,3)4/h;;3*(H2,1,2,3,4)/q2*+2;;;/p-4. The largest absolute Gasteiger partial charge is 2.00 e. The fourth-order valence-corrected chi connectivity index (χ4v) is 0. The quantitative estimate of drug-likeness (QED) is 0.231. The van der Waals surface area contributed by atoms with Crippen LogP contribution in [-0.2, 0) is 65.3 Å². The molecule has 0 atom stereocenters. The predicted octanol–water partition coefficient (Wildman–Crippen LogP) is -3.33. The summed E-state index contributed by atoms with van der Waals surface area (Å²) in [6.07, 6.45) is 0. The van der Waals surface area contributed by atoms with Gasteiger partial charge in [0.05, 0.1) is 0 Å². The molecule has 2 N–H and O–H groups in total. The van der Waals surface area contributed by atoms with E-state index in [2.05, 4.69) is 0 Å². The van der Waals surface area contributed by atoms with Gasteiger partial charge < -0.3 is 18.2 Å². The van der Waals surface area contributed by atoms with Gasteiger partial charge in [-0.1, -0.05) is 0 Å². The van der Waals surface area contributed by atoms with E-state index in [1.165, 1.54) is 0 Å². The molecule has 0 spiro atoms. The first-order valence-electron chi connectivity index (χ1n) is 2.03. The molecule has 0 aromatic rings. The van der Waals surface area contributed by atoms with E-state index in [1.54, 1.807) is 0 Å². The molecular weight excluding hydrogens is 398 g/mol. The number of hydrogen-bond donors (Lipinski definition) is 2. The van der Waals surface area contributed by atoms with Crippen LogP contribution in [0, 0.1) is 0 Å². The fraction of sp³-hybridized carbons (Fsp3) is 0. The van der Waals surface area contributed by atoms with Crippen molar-refractivity contribution in [2.24, 2.45) is 0 Å². The molecule has 0 rings (SSSR count). The van der Waals surface area contributed by atoms with E-state index < -0.39 is 31.2 Å². The molecule has 17 heavy (non-hydrogen) atoms. The van der Waals surface area contributed by atoms with Gasteiger partial charge in [-0.25, -0.2) is 0 Å². The number of hydrogen-bond acceptors (Lipinski definition) is 10. The van der Waals surface area contributed by atoms with Crippen molar-refractivity contribution < 1.29 is 86.7 Å². The van der Waals surface area contributed by atoms with E-state index in [1.807, 2.05) is 0 Å². The normalized spacial score (nSPS) is 10.2. The molecule has 0 bridgehead atoms. The summed E-state index contributed by atoms with van der Waals surface area (Å²) in [6.45, 7) is 0. The maximum atomic E-state index is 8.74. The van der Waals surface area contributed by atoms with Gasteiger partial charge in [0.15, 0.2) is 0 Å². The molecule has 0 aliphatic carbocycles. The molecule has 17 heteroatoms. The van der Waals surface area contributed by atoms with Crippen molar-refractivity contribution in [1.82, 2.24) is 0 Å². The summed E-state index contributed by atoms with van der Waals surface area (Å²) in [7, 11) is -15.0. The van der Waals surface area contributed by atoms with Crippen LogP contribution in [0.3, 0.4) is 0 Å². The molecule has 0 aromatic carbocycles. The molecular formula is H2Mn2O12S3. The average molecular weight is 400 g/mol. The fourth-order valence-electron chi connectivity index (χ4n) is 0. The number of rotatable bonds is 0. The van der Waals surface area contributed by atoms with Crippen LogP contribution in [0.2, 0.25) is 0 Å². The van der Waals surface area contributed by atoms with E-state index >= 15 is 0 Å². The van der Waals surface area contributed by atoms with Gasteiger partial charge in [-0.05, 0) is 0 Å². The van der Waals surface area contributed by atoms with Crippen molar-refractivity contribution in [2.45, 2.75) is 0 Å². The Labute approximate surface area is 117 Å². The van der Waals surface area contributed by atoms with E-state index in [4.69, 9.17) is 52.6 Å². The minimum absolute atomic E-state index is 0. The first-order chi connectivity index (χ1) is 6.00. The minimum atomic E-state index is -5.17. The van der Waals surface area contributed by atoms with Crippen LogP contribution in [0.25, 0.3) is 0 Å². The van der Waals surface area contributed by atoms with Gasteiger partial charge in [0.2, 0.25) is 0 Å². The van der Waals surface area contributed by atoms with Gasteiger partial charge >= 0.3 is 44.5 Å². The first-order valence-corrected chi connectivity index (χ1v) is 6.10. The van der Waals surface area contributed by atoms with Crippen LogP contribution >= 0.6 is 0 Å². The van der Waals surface area contributed by atoms with Crippen molar-refractivity contribution in [2.75, 3.05) is 0 Å². The third-order valence-electron chi connectivity index (χ3n) is 0. The SMILES string of the molecule is O=S(=O)(O)O.O=S(=O)([O-])[O-].O=S(=O)([O-])[O-].[Mn+2].[Mn+2]. The Kier molecular flexibility index (Phi) is 21.1. The van der Waals surface area contributed by atoms with Gasteiger partial charge in [0, 0.05) is 20.8 Å². The Bertz CT molecular complexity index is 341. The summed E-state index contributed by atoms with van der Waals surface area (Å²) in [6, 6.07) is 0. The average Bonchev–Trinajstić information content (AvgIpc) is 1.41. The molecule has 0 aromatic heterocycles. The molecule has 0 saturated heterocycles. The van der Waals surface area contributed by atoms with Crippen molar-refractivity contribution in [1.29, 1.82) is 0 Å². The van der Waals surface area contributed by atoms with E-state index in [9.17, 15) is 0 Å². The molecule has 0 heterocycles. The second-order valence-electron chi connectivity index (χ2n) is 1.26. The second-order valence-corrected chi connectivity index (χ2v) is 3.79. The van der Waals surface area contributed by atoms with Crippen LogP contribution in [0.5, 0.6) is 0 Å². The summed E-state index contributed by atoms with van der Waals surface area (Å²) in [5.41, 5.74) is 0. The Morgan fingerprint density at radius 3 is 0.588 bits per heavy atom. The molecule has 2 radical (unpaired) electrons. The molecule has 0 amide bonds. The molecule has 106 valence electrons.